The first kappa shape index (κ1) is 9.75. The van der Waals surface area contributed by atoms with Crippen LogP contribution in [0.2, 0.25) is 0 Å². The first-order chi connectivity index (χ1) is 23.2. The molecular weight excluding hydrogens is 439 g/mol. The first-order valence-electron chi connectivity index (χ1n) is 18.6. The molecule has 3 aliphatic rings. The van der Waals surface area contributed by atoms with Gasteiger partial charge in [-0.15, -0.1) is 0 Å². The van der Waals surface area contributed by atoms with E-state index in [2.05, 4.69) is 10.1 Å². The van der Waals surface area contributed by atoms with Gasteiger partial charge < -0.3 is 15.0 Å². The van der Waals surface area contributed by atoms with Crippen LogP contribution in [0.4, 0.5) is 10.1 Å². The lowest BCUT2D eigenvalue weighted by atomic mass is 10.0. The van der Waals surface area contributed by atoms with Crippen LogP contribution in [0.15, 0.2) is 36.4 Å². The second-order valence-corrected chi connectivity index (χ2v) is 6.93. The first-order valence-corrected chi connectivity index (χ1v) is 9.65. The number of benzene rings is 2. The highest BCUT2D eigenvalue weighted by atomic mass is 19.1. The molecule has 2 aromatic rings. The Morgan fingerprint density at radius 3 is 2.82 bits per heavy atom. The van der Waals surface area contributed by atoms with Gasteiger partial charge in [-0.05, 0) is 30.1 Å². The molecular formula is C25H27FN4O4. The van der Waals surface area contributed by atoms with Gasteiger partial charge in [0.15, 0.2) is 0 Å². The molecule has 2 saturated heterocycles. The lowest BCUT2D eigenvalue weighted by Gasteiger charge is -2.29. The van der Waals surface area contributed by atoms with E-state index in [0.29, 0.717) is 18.2 Å². The van der Waals surface area contributed by atoms with E-state index in [1.807, 2.05) is 0 Å². The smallest absolute Gasteiger partial charge is 0.255 e. The number of halogens is 1. The van der Waals surface area contributed by atoms with Crippen LogP contribution in [0.3, 0.4) is 0 Å². The number of rotatable bonds is 6. The zero-order chi connectivity index (χ0) is 39.8. The molecule has 0 saturated carbocycles. The number of piperidine rings is 1. The summed E-state index contributed by atoms with van der Waals surface area (Å²) in [7, 11) is 0. The van der Waals surface area contributed by atoms with Gasteiger partial charge in [-0.2, -0.15) is 0 Å². The van der Waals surface area contributed by atoms with Crippen LogP contribution < -0.4 is 10.6 Å². The largest absolute Gasteiger partial charge is 0.381 e. The van der Waals surface area contributed by atoms with Crippen LogP contribution in [0.5, 0.6) is 0 Å². The zero-order valence-corrected chi connectivity index (χ0v) is 16.9. The minimum atomic E-state index is -3.72. The summed E-state index contributed by atoms with van der Waals surface area (Å²) in [5.74, 6) is -6.10. The van der Waals surface area contributed by atoms with Gasteiger partial charge in [-0.25, -0.2) is 4.39 Å². The number of carbonyl (C=O) groups is 3. The van der Waals surface area contributed by atoms with Crippen molar-refractivity contribution in [2.75, 3.05) is 31.4 Å². The standard InChI is InChI=1S/C25H27FN4O4/c26-20-12-16(14-29-8-10-34-11-9-29)4-5-17(20)13-27-21-3-1-2-18-19(21)15-30(25(18)33)22-6-7-23(31)28-24(22)32/h1-5,12,22,27H,6-11,13-15H2,(H,28,31,32)/t22-/m1/s1/i6D2,7D2,8D2,9D2,10D2,11D2,13D2,14D2,15D2. The molecule has 2 fully saturated rings. The van der Waals surface area contributed by atoms with Crippen molar-refractivity contribution in [3.8, 4) is 0 Å². The van der Waals surface area contributed by atoms with E-state index in [-0.39, 0.29) is 4.90 Å². The highest BCUT2D eigenvalue weighted by Gasteiger charge is 2.39. The Bertz CT molecular complexity index is 1860. The molecule has 3 heterocycles. The Morgan fingerprint density at radius 2 is 2.03 bits per heavy atom. The minimum Gasteiger partial charge on any atom is -0.381 e. The summed E-state index contributed by atoms with van der Waals surface area (Å²) in [5.41, 5.74) is -3.59. The minimum absolute atomic E-state index is 0.0726. The summed E-state index contributed by atoms with van der Waals surface area (Å²) in [6.45, 7) is -24.5. The van der Waals surface area contributed by atoms with E-state index in [1.165, 1.54) is 0 Å². The summed E-state index contributed by atoms with van der Waals surface area (Å²) in [4.78, 5) is 38.1. The van der Waals surface area contributed by atoms with E-state index in [4.69, 9.17) is 24.7 Å². The lowest BCUT2D eigenvalue weighted by molar-refractivity contribution is -0.136. The number of amides is 3. The number of ether oxygens (including phenoxy) is 1. The van der Waals surface area contributed by atoms with Crippen molar-refractivity contribution >= 4 is 23.4 Å². The van der Waals surface area contributed by atoms with Gasteiger partial charge in [0.1, 0.15) is 11.9 Å². The van der Waals surface area contributed by atoms with Crippen LogP contribution in [-0.2, 0) is 33.8 Å². The Morgan fingerprint density at radius 1 is 1.21 bits per heavy atom. The van der Waals surface area contributed by atoms with E-state index >= 15 is 4.39 Å². The molecule has 0 unspecified atom stereocenters. The molecule has 34 heavy (non-hydrogen) atoms. The molecule has 2 aromatic carbocycles. The molecule has 2 N–H and O–H groups in total. The van der Waals surface area contributed by atoms with Crippen molar-refractivity contribution in [1.29, 1.82) is 0 Å². The molecule has 178 valence electrons. The molecule has 3 aliphatic heterocycles. The fraction of sp³-hybridized carbons (Fsp3) is 0.400. The number of morpholine rings is 1. The molecule has 0 spiro atoms. The third kappa shape index (κ3) is 4.53. The second kappa shape index (κ2) is 9.52. The molecule has 0 aromatic heterocycles. The number of hydrogen-bond acceptors (Lipinski definition) is 6. The number of fused-ring (bicyclic) bond motifs is 1. The second-order valence-electron chi connectivity index (χ2n) is 6.93. The lowest BCUT2D eigenvalue weighted by Crippen LogP contribution is -2.52. The predicted molar refractivity (Wildman–Crippen MR) is 122 cm³/mol. The number of carbonyl (C=O) groups excluding carboxylic acids is 3. The summed E-state index contributed by atoms with van der Waals surface area (Å²) in [6, 6.07) is 2.30. The Hall–Kier alpha value is -3.30. The highest BCUT2D eigenvalue weighted by molar-refractivity contribution is 6.06. The van der Waals surface area contributed by atoms with Gasteiger partial charge in [0.25, 0.3) is 5.91 Å². The van der Waals surface area contributed by atoms with Gasteiger partial charge in [-0.1, -0.05) is 18.2 Å². The van der Waals surface area contributed by atoms with Gasteiger partial charge in [0, 0.05) is 74.9 Å². The molecule has 0 bridgehead atoms. The van der Waals surface area contributed by atoms with Crippen LogP contribution in [0.25, 0.3) is 0 Å². The van der Waals surface area contributed by atoms with Gasteiger partial charge in [0.2, 0.25) is 11.8 Å². The van der Waals surface area contributed by atoms with E-state index in [1.54, 1.807) is 5.32 Å². The normalized spacial score (nSPS) is 40.0. The Balaban J connectivity index is 1.53. The van der Waals surface area contributed by atoms with Crippen molar-refractivity contribution in [1.82, 2.24) is 15.1 Å². The van der Waals surface area contributed by atoms with Crippen LogP contribution >= 0.6 is 0 Å². The molecule has 5 rings (SSSR count). The maximum atomic E-state index is 15.8. The molecule has 3 amide bonds. The van der Waals surface area contributed by atoms with E-state index < -0.39 is 121 Å². The molecule has 9 heteroatoms. The maximum absolute atomic E-state index is 15.8. The van der Waals surface area contributed by atoms with Crippen molar-refractivity contribution < 1.29 is 48.2 Å². The number of nitrogens with zero attached hydrogens (tertiary/aromatic N) is 2. The highest BCUT2D eigenvalue weighted by Crippen LogP contribution is 2.32. The SMILES string of the molecule is [2H]C([2H])(Nc1cccc2c1C([2H])([2H])N([C@H]1C(=O)NC(=O)C([2H])([2H])C1([2H])[2H])C2=O)c1ccc(C([2H])([2H])N2C([2H])([2H])C([2H])([2H])OC([2H])([2H])C2([2H])[2H])cc1F. The third-order valence-electron chi connectivity index (χ3n) is 4.77. The Kier molecular flexibility index (Phi) is 2.73. The monoisotopic (exact) mass is 484 g/mol. The van der Waals surface area contributed by atoms with Crippen LogP contribution in [-0.4, -0.2) is 59.7 Å². The average Bonchev–Trinajstić information content (AvgIpc) is 3.15. The summed E-state index contributed by atoms with van der Waals surface area (Å²) in [6.07, 6.45) is -6.89. The van der Waals surface area contributed by atoms with E-state index in [9.17, 15) is 14.4 Å². The van der Waals surface area contributed by atoms with E-state index in [0.717, 1.165) is 18.2 Å². The third-order valence-corrected chi connectivity index (χ3v) is 4.77. The fourth-order valence-corrected chi connectivity index (χ4v) is 3.23. The quantitative estimate of drug-likeness (QED) is 0.610. The molecule has 1 atom stereocenters. The molecule has 0 aliphatic carbocycles. The zero-order valence-electron chi connectivity index (χ0n) is 34.9. The van der Waals surface area contributed by atoms with Crippen molar-refractivity contribution in [2.24, 2.45) is 0 Å². The summed E-state index contributed by atoms with van der Waals surface area (Å²) in [5, 5.41) is 3.80. The van der Waals surface area contributed by atoms with Gasteiger partial charge in [-0.3, -0.25) is 24.6 Å². The summed E-state index contributed by atoms with van der Waals surface area (Å²) >= 11 is 0. The number of hydrogen-bond donors (Lipinski definition) is 2. The van der Waals surface area contributed by atoms with Crippen LogP contribution in [0.1, 0.15) is 64.5 Å². The Labute approximate surface area is 222 Å². The number of imide groups is 1. The summed E-state index contributed by atoms with van der Waals surface area (Å²) < 4.78 is 168. The number of anilines is 1. The number of nitrogens with one attached hydrogen (secondary N) is 2. The van der Waals surface area contributed by atoms with Crippen molar-refractivity contribution in [2.45, 2.75) is 38.3 Å². The van der Waals surface area contributed by atoms with Crippen LogP contribution in [0, 0.1) is 5.82 Å². The topological polar surface area (TPSA) is 91.0 Å². The van der Waals surface area contributed by atoms with Crippen molar-refractivity contribution in [3.63, 3.8) is 0 Å². The van der Waals surface area contributed by atoms with Gasteiger partial charge in [0.05, 0.1) is 24.1 Å². The average molecular weight is 485 g/mol. The van der Waals surface area contributed by atoms with Gasteiger partial charge >= 0.3 is 0 Å². The molecule has 0 radical (unpaired) electrons. The maximum Gasteiger partial charge on any atom is 0.255 e. The van der Waals surface area contributed by atoms with Crippen molar-refractivity contribution in [3.05, 3.63) is 64.5 Å². The molecule has 8 nitrogen and oxygen atoms in total. The fourth-order valence-electron chi connectivity index (χ4n) is 3.23. The predicted octanol–water partition coefficient (Wildman–Crippen LogP) is 2.03.